The van der Waals surface area contributed by atoms with Crippen molar-refractivity contribution in [3.05, 3.63) is 0 Å². The molecule has 0 spiro atoms. The second-order valence-corrected chi connectivity index (χ2v) is 27.0. The first-order chi connectivity index (χ1) is 24.2. The van der Waals surface area contributed by atoms with Gasteiger partial charge in [0, 0.05) is 13.2 Å². The third-order valence-electron chi connectivity index (χ3n) is 3.06. The molecule has 5 N–H and O–H groups in total. The zero-order chi connectivity index (χ0) is 47.8. The molecule has 0 fully saturated rings. The third-order valence-corrected chi connectivity index (χ3v) is 15.5. The van der Waals surface area contributed by atoms with Crippen molar-refractivity contribution in [2.75, 3.05) is 64.0 Å². The van der Waals surface area contributed by atoms with Crippen LogP contribution in [-0.2, 0) is 110 Å². The normalized spacial score (nSPS) is 11.6. The van der Waals surface area contributed by atoms with Crippen LogP contribution in [0.2, 0.25) is 0 Å². The van der Waals surface area contributed by atoms with Gasteiger partial charge in [-0.15, -0.1) is 8.25 Å². The summed E-state index contributed by atoms with van der Waals surface area (Å²) < 4.78 is 292. The first-order valence-electron chi connectivity index (χ1n) is 12.6. The Morgan fingerprint density at radius 2 is 0.500 bits per heavy atom. The van der Waals surface area contributed by atoms with Crippen LogP contribution in [0.3, 0.4) is 0 Å². The fourth-order valence-electron chi connectivity index (χ4n) is 1.77. The Labute approximate surface area is 470 Å². The predicted octanol–water partition coefficient (Wildman–Crippen LogP) is -15.6. The smallest absolute Gasteiger partial charge is 1.00 e. The molecule has 68 heavy (non-hydrogen) atoms. The second-order valence-electron chi connectivity index (χ2n) is 9.48. The predicted molar refractivity (Wildman–Crippen MR) is 231 cm³/mol. The number of sulfonamides is 8. The Morgan fingerprint density at radius 3 is 0.574 bits per heavy atom. The molecule has 0 aliphatic heterocycles. The molecule has 0 atom stereocenters. The van der Waals surface area contributed by atoms with Gasteiger partial charge in [-0.25, -0.2) is 67.3 Å². The Balaban J connectivity index is -0.0000000242. The molecule has 0 saturated carbocycles. The summed E-state index contributed by atoms with van der Waals surface area (Å²) in [5.74, 6) is 0. The van der Waals surface area contributed by atoms with Crippen LogP contribution in [0.25, 0.3) is 0 Å². The summed E-state index contributed by atoms with van der Waals surface area (Å²) in [6.07, 6.45) is 4.15. The fourth-order valence-corrected chi connectivity index (χ4v) is 11.7. The maximum atomic E-state index is 13.2. The van der Waals surface area contributed by atoms with Crippen LogP contribution in [0.1, 0.15) is 65.5 Å². The quantitative estimate of drug-likeness (QED) is 0.0483. The summed E-state index contributed by atoms with van der Waals surface area (Å²) in [5, 5.41) is -9.39. The van der Waals surface area contributed by atoms with Crippen molar-refractivity contribution in [1.82, 2.24) is 20.6 Å². The third kappa shape index (κ3) is 84.6. The van der Waals surface area contributed by atoms with Gasteiger partial charge < -0.3 is 16.6 Å². The number of ether oxygens (including phenoxy) is 2. The number of hydrogen-bond acceptors (Lipinski definition) is 22. The molecule has 410 valence electrons. The van der Waals surface area contributed by atoms with Gasteiger partial charge in [0.15, 0.2) is 0 Å². The van der Waals surface area contributed by atoms with Crippen LogP contribution in [-0.4, -0.2) is 159 Å². The maximum Gasteiger partial charge on any atom is 1.00 e. The summed E-state index contributed by atoms with van der Waals surface area (Å²) in [7, 11) is -44.6. The first kappa shape index (κ1) is 114. The van der Waals surface area contributed by atoms with E-state index in [0.717, 1.165) is 33.3 Å². The SMILES string of the molecule is C.C.C.C.C.C.CCOCC(F)(F)S(=O)(=O)NS(=O)(=O)C(F)(F)COCC.CS(=O)(=O)NS(=O)(=O)F.CS(=O)(=O)NS(=O)(=O)F.CS(=O)(=O)NS(C)(=O)=O.CS(=O)(=O)NS(C)(=O)=O.[H-].[H-].[H-].[H-].[H-].[Li+].[Li+].[Li+].[Li+].[Li+]. The van der Waals surface area contributed by atoms with Crippen molar-refractivity contribution in [3.63, 3.8) is 0 Å². The van der Waals surface area contributed by atoms with Crippen LogP contribution in [0.5, 0.6) is 0 Å². The van der Waals surface area contributed by atoms with Crippen LogP contribution >= 0.6 is 0 Å². The monoisotopic (exact) mass is 1200 g/mol. The summed E-state index contributed by atoms with van der Waals surface area (Å²) in [6.45, 7) is -1.35. The van der Waals surface area contributed by atoms with Crippen molar-refractivity contribution in [1.29, 1.82) is 0 Å². The molecule has 27 nitrogen and oxygen atoms in total. The van der Waals surface area contributed by atoms with E-state index in [0.29, 0.717) is 16.6 Å². The minimum absolute atomic E-state index is 0. The van der Waals surface area contributed by atoms with E-state index in [1.165, 1.54) is 22.1 Å². The van der Waals surface area contributed by atoms with Gasteiger partial charge in [-0.05, 0) is 13.8 Å². The molecule has 0 saturated heterocycles. The number of alkyl halides is 4. The molecule has 0 aromatic carbocycles. The average Bonchev–Trinajstić information content (AvgIpc) is 2.78. The van der Waals surface area contributed by atoms with Gasteiger partial charge >= 0.3 is 126 Å². The molecule has 0 unspecified atom stereocenters. The van der Waals surface area contributed by atoms with E-state index in [9.17, 15) is 110 Å². The van der Waals surface area contributed by atoms with E-state index in [1.807, 2.05) is 0 Å². The van der Waals surface area contributed by atoms with Crippen molar-refractivity contribution in [2.24, 2.45) is 0 Å². The summed E-state index contributed by atoms with van der Waals surface area (Å²) in [5.41, 5.74) is 0. The van der Waals surface area contributed by atoms with Gasteiger partial charge in [0.2, 0.25) is 60.1 Å². The molecule has 0 rings (SSSR count). The Hall–Kier alpha value is 1.79. The van der Waals surface area contributed by atoms with E-state index in [2.05, 4.69) is 9.47 Å². The average molecular weight is 1200 g/mol. The summed E-state index contributed by atoms with van der Waals surface area (Å²) in [6, 6.07) is 0. The molecule has 0 aliphatic carbocycles. The molecule has 48 heteroatoms. The van der Waals surface area contributed by atoms with Crippen molar-refractivity contribution < 1.29 is 220 Å². The Bertz CT molecular complexity index is 2070. The molecule has 0 aliphatic rings. The van der Waals surface area contributed by atoms with Gasteiger partial charge in [-0.2, -0.15) is 34.4 Å². The van der Waals surface area contributed by atoms with Gasteiger partial charge in [0.05, 0.1) is 37.5 Å². The first-order valence-corrected chi connectivity index (χ1v) is 29.7. The van der Waals surface area contributed by atoms with Crippen LogP contribution in [0, 0.1) is 0 Å². The summed E-state index contributed by atoms with van der Waals surface area (Å²) >= 11 is 0. The van der Waals surface area contributed by atoms with E-state index < -0.39 is 125 Å². The number of hydrogen-bond donors (Lipinski definition) is 5. The maximum absolute atomic E-state index is 13.2. The standard InChI is InChI=1S/C8H15F4NO6S2.2C2H7NO4S2.2CH4FNO4S2.6CH4.5Li.5H/c1-3-18-5-7(9,10)20(14,15)13-21(16,17)8(11,12)6-19-4-2;4*1-8(4,5)3-9(2,6)7;;;;;;;;;;;;;;;;/h13H,3-6H2,1-2H3;2*3H,1-2H3;2*3H,1H3;6*1H4;;;;;;;;;;/q;;;;;;;;;;;5*+1;5*-1. The zero-order valence-corrected chi connectivity index (χ0v) is 42.8. The van der Waals surface area contributed by atoms with Crippen LogP contribution < -0.4 is 115 Å². The second kappa shape index (κ2) is 44.0. The Morgan fingerprint density at radius 1 is 0.353 bits per heavy atom. The van der Waals surface area contributed by atoms with Gasteiger partial charge in [-0.1, -0.05) is 64.7 Å². The molecule has 0 amide bonds. The van der Waals surface area contributed by atoms with E-state index >= 15 is 0 Å². The summed E-state index contributed by atoms with van der Waals surface area (Å²) in [4.78, 5) is 0. The van der Waals surface area contributed by atoms with Crippen molar-refractivity contribution in [3.8, 4) is 0 Å². The van der Waals surface area contributed by atoms with Gasteiger partial charge in [0.1, 0.15) is 13.2 Å². The van der Waals surface area contributed by atoms with Gasteiger partial charge in [-0.3, -0.25) is 0 Å². The van der Waals surface area contributed by atoms with Crippen LogP contribution in [0.15, 0.2) is 0 Å². The largest absolute Gasteiger partial charge is 1.00 e. The molecule has 0 aromatic rings. The van der Waals surface area contributed by atoms with Crippen molar-refractivity contribution in [2.45, 2.75) is 68.9 Å². The molecule has 0 heterocycles. The minimum Gasteiger partial charge on any atom is -1.00 e. The topological polar surface area (TPSA) is 420 Å². The minimum atomic E-state index is -5.93. The molecule has 0 bridgehead atoms. The zero-order valence-electron chi connectivity index (χ0n) is 39.7. The van der Waals surface area contributed by atoms with E-state index in [-0.39, 0.29) is 159 Å². The van der Waals surface area contributed by atoms with Gasteiger partial charge in [0.25, 0.3) is 20.0 Å². The molecule has 0 aromatic heterocycles. The van der Waals surface area contributed by atoms with E-state index in [4.69, 9.17) is 0 Å². The van der Waals surface area contributed by atoms with E-state index in [1.54, 1.807) is 0 Å². The number of rotatable bonds is 18. The fraction of sp³-hybridized carbons (Fsp3) is 1.00. The number of halogens is 6. The van der Waals surface area contributed by atoms with Crippen molar-refractivity contribution >= 4 is 101 Å². The molecular weight excluding hydrogens is 1130 g/mol. The molecular formula is C20H66F6Li5N5O22S10. The number of nitrogens with one attached hydrogen (secondary N) is 5. The van der Waals surface area contributed by atoms with Crippen LogP contribution in [0.4, 0.5) is 25.3 Å². The Kier molecular flexibility index (Phi) is 73.8. The molecule has 0 radical (unpaired) electrons.